The fourth-order valence-electron chi connectivity index (χ4n) is 2.91. The van der Waals surface area contributed by atoms with Crippen LogP contribution in [-0.2, 0) is 4.79 Å². The molecule has 2 aromatic carbocycles. The van der Waals surface area contributed by atoms with E-state index in [4.69, 9.17) is 0 Å². The molecule has 0 saturated carbocycles. The lowest BCUT2D eigenvalue weighted by Gasteiger charge is -2.08. The molecule has 1 atom stereocenters. The summed E-state index contributed by atoms with van der Waals surface area (Å²) in [6.07, 6.45) is 0. The van der Waals surface area contributed by atoms with E-state index in [0.29, 0.717) is 27.1 Å². The largest absolute Gasteiger partial charge is 0.282 e. The summed E-state index contributed by atoms with van der Waals surface area (Å²) in [5, 5.41) is 37.3. The summed E-state index contributed by atoms with van der Waals surface area (Å²) in [5.74, 6) is -0.464. The van der Waals surface area contributed by atoms with Crippen molar-refractivity contribution in [3.8, 4) is 11.3 Å². The van der Waals surface area contributed by atoms with E-state index in [0.717, 1.165) is 16.3 Å². The number of nitro benzene ring substituents is 2. The van der Waals surface area contributed by atoms with Gasteiger partial charge in [-0.1, -0.05) is 12.1 Å². The third kappa shape index (κ3) is 4.51. The minimum Gasteiger partial charge on any atom is -0.269 e. The lowest BCUT2D eigenvalue weighted by atomic mass is 10.1. The highest BCUT2D eigenvalue weighted by Gasteiger charge is 2.36. The lowest BCUT2D eigenvalue weighted by molar-refractivity contribution is -0.385. The minimum absolute atomic E-state index is 0.0638. The summed E-state index contributed by atoms with van der Waals surface area (Å²) in [7, 11) is 0. The lowest BCUT2D eigenvalue weighted by Crippen LogP contribution is -2.29. The van der Waals surface area contributed by atoms with Crippen molar-refractivity contribution in [1.29, 1.82) is 0 Å². The number of nitrogens with zero attached hydrogens (tertiary/aromatic N) is 7. The Morgan fingerprint density at radius 1 is 1.12 bits per heavy atom. The van der Waals surface area contributed by atoms with Gasteiger partial charge in [0.15, 0.2) is 6.04 Å². The van der Waals surface area contributed by atoms with E-state index < -0.39 is 21.8 Å². The van der Waals surface area contributed by atoms with Crippen LogP contribution in [0.1, 0.15) is 6.92 Å². The van der Waals surface area contributed by atoms with E-state index >= 15 is 0 Å². The predicted molar refractivity (Wildman–Crippen MR) is 124 cm³/mol. The van der Waals surface area contributed by atoms with Gasteiger partial charge in [0, 0.05) is 35.2 Å². The second-order valence-electron chi connectivity index (χ2n) is 6.73. The molecule has 12 nitrogen and oxygen atoms in total. The number of hydrazone groups is 1. The highest BCUT2D eigenvalue weighted by molar-refractivity contribution is 9.10. The number of carbonyl (C=O) groups is 1. The summed E-state index contributed by atoms with van der Waals surface area (Å²) in [6, 6.07) is 9.05. The van der Waals surface area contributed by atoms with Crippen LogP contribution in [0, 0.1) is 20.2 Å². The molecule has 0 fully saturated rings. The van der Waals surface area contributed by atoms with Crippen molar-refractivity contribution in [3.05, 3.63) is 72.5 Å². The van der Waals surface area contributed by atoms with Gasteiger partial charge >= 0.3 is 0 Å². The van der Waals surface area contributed by atoms with Crippen LogP contribution >= 0.6 is 27.3 Å². The van der Waals surface area contributed by atoms with E-state index in [1.165, 1.54) is 30.3 Å². The number of rotatable bonds is 6. The molecule has 3 aromatic rings. The zero-order valence-corrected chi connectivity index (χ0v) is 19.1. The number of non-ortho nitro benzene ring substituents is 2. The highest BCUT2D eigenvalue weighted by atomic mass is 79.9. The van der Waals surface area contributed by atoms with Gasteiger partial charge in [-0.15, -0.1) is 11.3 Å². The molecule has 4 rings (SSSR count). The predicted octanol–water partition coefficient (Wildman–Crippen LogP) is 5.26. The average molecular weight is 530 g/mol. The first kappa shape index (κ1) is 22.3. The van der Waals surface area contributed by atoms with Gasteiger partial charge in [-0.05, 0) is 28.9 Å². The second kappa shape index (κ2) is 8.91. The molecule has 0 spiro atoms. The molecule has 14 heteroatoms. The summed E-state index contributed by atoms with van der Waals surface area (Å²) in [5.41, 5.74) is 1.56. The number of halogens is 1. The van der Waals surface area contributed by atoms with E-state index in [-0.39, 0.29) is 16.5 Å². The van der Waals surface area contributed by atoms with Crippen molar-refractivity contribution in [2.24, 2.45) is 15.3 Å². The maximum Gasteiger partial charge on any atom is 0.282 e. The van der Waals surface area contributed by atoms with E-state index in [1.807, 2.05) is 0 Å². The number of aromatic nitrogens is 1. The molecule has 0 saturated heterocycles. The molecule has 2 heterocycles. The number of anilines is 1. The van der Waals surface area contributed by atoms with Gasteiger partial charge in [-0.3, -0.25) is 25.0 Å². The Morgan fingerprint density at radius 3 is 2.55 bits per heavy atom. The van der Waals surface area contributed by atoms with Crippen LogP contribution in [0.25, 0.3) is 11.3 Å². The SMILES string of the molecule is CC1=NN(c2nc(-c3cccc([N+](=O)[O-])c3)cs2)C(=O)[C@H]1N=Nc1ccc([N+](=O)[O-])cc1Br. The van der Waals surface area contributed by atoms with Crippen molar-refractivity contribution in [2.75, 3.05) is 5.01 Å². The summed E-state index contributed by atoms with van der Waals surface area (Å²) in [6.45, 7) is 1.63. The van der Waals surface area contributed by atoms with Crippen LogP contribution < -0.4 is 5.01 Å². The van der Waals surface area contributed by atoms with Gasteiger partial charge in [-0.25, -0.2) is 4.98 Å². The number of carbonyl (C=O) groups excluding carboxylic acids is 1. The number of hydrogen-bond acceptors (Lipinski definition) is 10. The Kier molecular flexibility index (Phi) is 6.02. The van der Waals surface area contributed by atoms with Crippen LogP contribution in [0.15, 0.2) is 67.6 Å². The first-order chi connectivity index (χ1) is 15.7. The second-order valence-corrected chi connectivity index (χ2v) is 8.42. The maximum atomic E-state index is 12.9. The van der Waals surface area contributed by atoms with Crippen molar-refractivity contribution in [3.63, 3.8) is 0 Å². The van der Waals surface area contributed by atoms with Gasteiger partial charge in [-0.2, -0.15) is 20.3 Å². The number of benzene rings is 2. The van der Waals surface area contributed by atoms with Crippen LogP contribution in [-0.4, -0.2) is 32.5 Å². The molecular weight excluding hydrogens is 518 g/mol. The Labute approximate surface area is 197 Å². The first-order valence-electron chi connectivity index (χ1n) is 9.19. The van der Waals surface area contributed by atoms with E-state index in [2.05, 4.69) is 36.2 Å². The maximum absolute atomic E-state index is 12.9. The topological polar surface area (TPSA) is 157 Å². The molecule has 0 aliphatic carbocycles. The van der Waals surface area contributed by atoms with Crippen LogP contribution in [0.2, 0.25) is 0 Å². The number of hydrogen-bond donors (Lipinski definition) is 0. The Hall–Kier alpha value is -3.91. The molecule has 1 aliphatic heterocycles. The molecule has 0 radical (unpaired) electrons. The van der Waals surface area contributed by atoms with Crippen LogP contribution in [0.4, 0.5) is 22.2 Å². The summed E-state index contributed by atoms with van der Waals surface area (Å²) in [4.78, 5) is 38.1. The number of nitro groups is 2. The van der Waals surface area contributed by atoms with Crippen molar-refractivity contribution < 1.29 is 14.6 Å². The standard InChI is InChI=1S/C19H12BrN7O5S/c1-10-17(23-22-15-6-5-13(27(31)32)8-14(15)20)18(28)25(24-10)19-21-16(9-33-19)11-3-2-4-12(7-11)26(29)30/h2-9,17H,1H3/t17-/m0/s1. The van der Waals surface area contributed by atoms with Crippen LogP contribution in [0.3, 0.4) is 0 Å². The summed E-state index contributed by atoms with van der Waals surface area (Å²) >= 11 is 4.37. The van der Waals surface area contributed by atoms with Crippen molar-refractivity contribution >= 4 is 61.1 Å². The molecule has 0 bridgehead atoms. The number of azo groups is 1. The molecule has 33 heavy (non-hydrogen) atoms. The number of amides is 1. The van der Waals surface area contributed by atoms with E-state index in [9.17, 15) is 25.0 Å². The van der Waals surface area contributed by atoms with Gasteiger partial charge < -0.3 is 0 Å². The van der Waals surface area contributed by atoms with Crippen molar-refractivity contribution in [1.82, 2.24) is 4.98 Å². The Balaban J connectivity index is 1.54. The molecule has 0 N–H and O–H groups in total. The third-order valence-corrected chi connectivity index (χ3v) is 6.00. The average Bonchev–Trinajstić information content (AvgIpc) is 3.38. The molecule has 0 unspecified atom stereocenters. The monoisotopic (exact) mass is 529 g/mol. The van der Waals surface area contributed by atoms with E-state index in [1.54, 1.807) is 24.4 Å². The fraction of sp³-hybridized carbons (Fsp3) is 0.105. The zero-order valence-electron chi connectivity index (χ0n) is 16.7. The quantitative estimate of drug-likeness (QED) is 0.240. The van der Waals surface area contributed by atoms with Crippen LogP contribution in [0.5, 0.6) is 0 Å². The Morgan fingerprint density at radius 2 is 1.85 bits per heavy atom. The molecular formula is C19H12BrN7O5S. The van der Waals surface area contributed by atoms with Gasteiger partial charge in [0.25, 0.3) is 17.3 Å². The van der Waals surface area contributed by atoms with Gasteiger partial charge in [0.05, 0.1) is 31.4 Å². The normalized spacial score (nSPS) is 15.8. The number of thiazole rings is 1. The molecule has 1 aromatic heterocycles. The van der Waals surface area contributed by atoms with Gasteiger partial charge in [0.2, 0.25) is 5.13 Å². The smallest absolute Gasteiger partial charge is 0.269 e. The Bertz CT molecular complexity index is 1360. The molecule has 1 amide bonds. The third-order valence-electron chi connectivity index (χ3n) is 4.55. The van der Waals surface area contributed by atoms with Gasteiger partial charge in [0.1, 0.15) is 0 Å². The minimum atomic E-state index is -0.975. The zero-order chi connectivity index (χ0) is 23.7. The van der Waals surface area contributed by atoms with Crippen molar-refractivity contribution in [2.45, 2.75) is 13.0 Å². The molecule has 1 aliphatic rings. The summed E-state index contributed by atoms with van der Waals surface area (Å²) < 4.78 is 0.360. The highest BCUT2D eigenvalue weighted by Crippen LogP contribution is 2.33. The first-order valence-corrected chi connectivity index (χ1v) is 10.9. The fourth-order valence-corrected chi connectivity index (χ4v) is 4.14. The molecule has 166 valence electrons.